The van der Waals surface area contributed by atoms with E-state index in [9.17, 15) is 14.4 Å². The number of allylic oxidation sites excluding steroid dienone is 14. The van der Waals surface area contributed by atoms with Crippen molar-refractivity contribution >= 4 is 17.9 Å². The fraction of sp³-hybridized carbons (Fsp3) is 0.730. The van der Waals surface area contributed by atoms with Gasteiger partial charge in [0.25, 0.3) is 0 Å². The highest BCUT2D eigenvalue weighted by molar-refractivity contribution is 5.71. The molecule has 0 aromatic rings. The Kier molecular flexibility index (Phi) is 54.3. The lowest BCUT2D eigenvalue weighted by molar-refractivity contribution is -0.167. The van der Waals surface area contributed by atoms with Crippen molar-refractivity contribution in [3.8, 4) is 0 Å². The lowest BCUT2D eigenvalue weighted by Gasteiger charge is -2.18. The summed E-state index contributed by atoms with van der Waals surface area (Å²) in [5, 5.41) is 0. The third-order valence-corrected chi connectivity index (χ3v) is 12.4. The number of unbranched alkanes of at least 4 members (excludes halogenated alkanes) is 27. The van der Waals surface area contributed by atoms with E-state index in [1.807, 2.05) is 0 Å². The minimum atomic E-state index is -0.789. The maximum absolute atomic E-state index is 12.8. The molecule has 1 atom stereocenters. The van der Waals surface area contributed by atoms with Crippen LogP contribution in [0.5, 0.6) is 0 Å². The number of carbonyl (C=O) groups is 3. The van der Waals surface area contributed by atoms with Crippen LogP contribution in [0.2, 0.25) is 0 Å². The third-order valence-electron chi connectivity index (χ3n) is 12.4. The smallest absolute Gasteiger partial charge is 0.306 e. The first kappa shape index (κ1) is 65.6. The molecule has 1 unspecified atom stereocenters. The van der Waals surface area contributed by atoms with E-state index < -0.39 is 6.10 Å². The number of rotatable bonds is 52. The zero-order valence-corrected chi connectivity index (χ0v) is 45.3. The van der Waals surface area contributed by atoms with Crippen LogP contribution in [0.15, 0.2) is 85.1 Å². The molecule has 0 saturated heterocycles. The maximum Gasteiger partial charge on any atom is 0.306 e. The van der Waals surface area contributed by atoms with E-state index in [1.165, 1.54) is 122 Å². The van der Waals surface area contributed by atoms with Crippen LogP contribution >= 0.6 is 0 Å². The summed E-state index contributed by atoms with van der Waals surface area (Å²) in [5.74, 6) is -0.909. The minimum Gasteiger partial charge on any atom is -0.462 e. The zero-order chi connectivity index (χ0) is 50.0. The fourth-order valence-corrected chi connectivity index (χ4v) is 7.99. The maximum atomic E-state index is 12.8. The summed E-state index contributed by atoms with van der Waals surface area (Å²) in [6, 6.07) is 0. The van der Waals surface area contributed by atoms with Gasteiger partial charge in [-0.25, -0.2) is 0 Å². The Bertz CT molecular complexity index is 1330. The van der Waals surface area contributed by atoms with E-state index in [4.69, 9.17) is 14.2 Å². The molecular weight excluding hydrogens is 853 g/mol. The van der Waals surface area contributed by atoms with Crippen LogP contribution in [0.4, 0.5) is 0 Å². The molecular formula is C63H108O6. The van der Waals surface area contributed by atoms with Gasteiger partial charge in [-0.3, -0.25) is 14.4 Å². The van der Waals surface area contributed by atoms with Gasteiger partial charge in [-0.15, -0.1) is 0 Å². The molecule has 0 radical (unpaired) electrons. The Morgan fingerprint density at radius 2 is 0.565 bits per heavy atom. The quantitative estimate of drug-likeness (QED) is 0.0262. The topological polar surface area (TPSA) is 78.9 Å². The normalized spacial score (nSPS) is 12.7. The predicted octanol–water partition coefficient (Wildman–Crippen LogP) is 19.5. The van der Waals surface area contributed by atoms with E-state index in [-0.39, 0.29) is 31.1 Å². The van der Waals surface area contributed by atoms with Gasteiger partial charge in [0.1, 0.15) is 13.2 Å². The highest BCUT2D eigenvalue weighted by Gasteiger charge is 2.19. The predicted molar refractivity (Wildman–Crippen MR) is 297 cm³/mol. The van der Waals surface area contributed by atoms with Crippen LogP contribution in [0.25, 0.3) is 0 Å². The summed E-state index contributed by atoms with van der Waals surface area (Å²) in [7, 11) is 0. The molecule has 0 N–H and O–H groups in total. The van der Waals surface area contributed by atoms with Crippen molar-refractivity contribution in [1.82, 2.24) is 0 Å². The van der Waals surface area contributed by atoms with E-state index in [0.29, 0.717) is 19.3 Å². The SMILES string of the molecule is CC/C=C\C/C=C\C/C=C\C/C=C\C/C=C\CCCCCCCCCC(=O)OCC(COC(=O)CCCCCCC/C=C\CCCCCC)OC(=O)CCCCCCC/C=C\CCCCCCCC. The molecule has 6 nitrogen and oxygen atoms in total. The van der Waals surface area contributed by atoms with E-state index in [0.717, 1.165) is 116 Å². The molecule has 0 amide bonds. The Hall–Kier alpha value is -3.41. The average molecular weight is 962 g/mol. The molecule has 0 fully saturated rings. The number of hydrogen-bond donors (Lipinski definition) is 0. The van der Waals surface area contributed by atoms with Crippen LogP contribution in [0, 0.1) is 0 Å². The summed E-state index contributed by atoms with van der Waals surface area (Å²) in [4.78, 5) is 38.1. The standard InChI is InChI=1S/C63H108O6/c1-4-7-10-13-16-19-22-25-27-28-29-30-31-32-33-34-36-38-41-44-47-50-53-56-62(65)68-59-60(58-67-61(64)55-52-49-46-43-40-37-24-21-18-15-12-9-6-3)69-63(66)57-54-51-48-45-42-39-35-26-23-20-17-14-11-8-5-2/h7,10,16,19,21,24-27,29-30,32-33,35,60H,4-6,8-9,11-15,17-18,20,22-23,28,31,34,36-59H2,1-3H3/b10-7-,19-16-,24-21-,27-25-,30-29-,33-32-,35-26-. The van der Waals surface area contributed by atoms with Crippen molar-refractivity contribution in [2.75, 3.05) is 13.2 Å². The van der Waals surface area contributed by atoms with Gasteiger partial charge >= 0.3 is 17.9 Å². The molecule has 0 bridgehead atoms. The van der Waals surface area contributed by atoms with Crippen molar-refractivity contribution in [2.24, 2.45) is 0 Å². The van der Waals surface area contributed by atoms with Gasteiger partial charge in [0.2, 0.25) is 0 Å². The molecule has 0 aromatic carbocycles. The Balaban J connectivity index is 4.37. The zero-order valence-electron chi connectivity index (χ0n) is 45.3. The van der Waals surface area contributed by atoms with Crippen LogP contribution in [0.3, 0.4) is 0 Å². The largest absolute Gasteiger partial charge is 0.462 e. The van der Waals surface area contributed by atoms with E-state index >= 15 is 0 Å². The second kappa shape index (κ2) is 57.2. The second-order valence-electron chi connectivity index (χ2n) is 19.2. The summed E-state index contributed by atoms with van der Waals surface area (Å²) >= 11 is 0. The van der Waals surface area contributed by atoms with Crippen LogP contribution in [-0.4, -0.2) is 37.2 Å². The van der Waals surface area contributed by atoms with E-state index in [1.54, 1.807) is 0 Å². The molecule has 0 aromatic heterocycles. The van der Waals surface area contributed by atoms with Crippen molar-refractivity contribution in [2.45, 2.75) is 284 Å². The Morgan fingerprint density at radius 1 is 0.304 bits per heavy atom. The molecule has 0 aliphatic heterocycles. The lowest BCUT2D eigenvalue weighted by atomic mass is 10.1. The van der Waals surface area contributed by atoms with Crippen LogP contribution < -0.4 is 0 Å². The second-order valence-corrected chi connectivity index (χ2v) is 19.2. The highest BCUT2D eigenvalue weighted by Crippen LogP contribution is 2.15. The molecule has 0 aliphatic rings. The summed E-state index contributed by atoms with van der Waals surface area (Å²) < 4.78 is 16.8. The Morgan fingerprint density at radius 3 is 0.913 bits per heavy atom. The number of ether oxygens (including phenoxy) is 3. The third kappa shape index (κ3) is 55.4. The van der Waals surface area contributed by atoms with Crippen molar-refractivity contribution in [1.29, 1.82) is 0 Å². The van der Waals surface area contributed by atoms with Gasteiger partial charge < -0.3 is 14.2 Å². The molecule has 6 heteroatoms. The molecule has 0 saturated carbocycles. The molecule has 69 heavy (non-hydrogen) atoms. The first-order valence-electron chi connectivity index (χ1n) is 29.1. The Labute approximate surface area is 426 Å². The van der Waals surface area contributed by atoms with Crippen molar-refractivity contribution < 1.29 is 28.6 Å². The van der Waals surface area contributed by atoms with Crippen molar-refractivity contribution in [3.63, 3.8) is 0 Å². The fourth-order valence-electron chi connectivity index (χ4n) is 7.99. The van der Waals surface area contributed by atoms with Gasteiger partial charge in [0.05, 0.1) is 0 Å². The number of hydrogen-bond acceptors (Lipinski definition) is 6. The van der Waals surface area contributed by atoms with Gasteiger partial charge in [0, 0.05) is 19.3 Å². The van der Waals surface area contributed by atoms with Gasteiger partial charge in [-0.1, -0.05) is 228 Å². The molecule has 0 aliphatic carbocycles. The van der Waals surface area contributed by atoms with E-state index in [2.05, 4.69) is 106 Å². The average Bonchev–Trinajstić information content (AvgIpc) is 3.35. The van der Waals surface area contributed by atoms with Gasteiger partial charge in [-0.2, -0.15) is 0 Å². The first-order chi connectivity index (χ1) is 34.0. The summed E-state index contributed by atoms with van der Waals surface area (Å²) in [6.07, 6.45) is 74.3. The first-order valence-corrected chi connectivity index (χ1v) is 29.1. The summed E-state index contributed by atoms with van der Waals surface area (Å²) in [5.41, 5.74) is 0. The van der Waals surface area contributed by atoms with Crippen LogP contribution in [-0.2, 0) is 28.6 Å². The minimum absolute atomic E-state index is 0.0872. The lowest BCUT2D eigenvalue weighted by Crippen LogP contribution is -2.30. The monoisotopic (exact) mass is 961 g/mol. The van der Waals surface area contributed by atoms with Gasteiger partial charge in [0.15, 0.2) is 6.10 Å². The molecule has 0 heterocycles. The molecule has 0 rings (SSSR count). The van der Waals surface area contributed by atoms with Crippen LogP contribution in [0.1, 0.15) is 278 Å². The number of carbonyl (C=O) groups excluding carboxylic acids is 3. The van der Waals surface area contributed by atoms with Gasteiger partial charge in [-0.05, 0) is 116 Å². The summed E-state index contributed by atoms with van der Waals surface area (Å²) in [6.45, 7) is 6.49. The number of esters is 3. The molecule has 0 spiro atoms. The highest BCUT2D eigenvalue weighted by atomic mass is 16.6. The molecule has 396 valence electrons. The van der Waals surface area contributed by atoms with Crippen molar-refractivity contribution in [3.05, 3.63) is 85.1 Å².